The van der Waals surface area contributed by atoms with Gasteiger partial charge in [0.15, 0.2) is 11.5 Å². The fourth-order valence-electron chi connectivity index (χ4n) is 3.35. The van der Waals surface area contributed by atoms with Crippen molar-refractivity contribution in [2.75, 3.05) is 27.3 Å². The highest BCUT2D eigenvalue weighted by atomic mass is 35.5. The number of likely N-dealkylation sites (tertiary alicyclic amines) is 1. The van der Waals surface area contributed by atoms with Crippen LogP contribution in [0.25, 0.3) is 11.1 Å². The van der Waals surface area contributed by atoms with Crippen molar-refractivity contribution in [2.24, 2.45) is 5.92 Å². The molecule has 2 heterocycles. The fourth-order valence-corrected chi connectivity index (χ4v) is 3.52. The van der Waals surface area contributed by atoms with Gasteiger partial charge in [0, 0.05) is 31.1 Å². The van der Waals surface area contributed by atoms with E-state index in [0.29, 0.717) is 33.9 Å². The van der Waals surface area contributed by atoms with E-state index in [9.17, 15) is 4.79 Å². The van der Waals surface area contributed by atoms with E-state index < -0.39 is 0 Å². The highest BCUT2D eigenvalue weighted by Gasteiger charge is 2.28. The first kappa shape index (κ1) is 21.0. The molecule has 0 spiro atoms. The van der Waals surface area contributed by atoms with E-state index in [1.54, 1.807) is 38.5 Å². The summed E-state index contributed by atoms with van der Waals surface area (Å²) in [5, 5.41) is 0.675. The van der Waals surface area contributed by atoms with Crippen LogP contribution in [0.3, 0.4) is 0 Å². The van der Waals surface area contributed by atoms with Crippen molar-refractivity contribution in [2.45, 2.75) is 20.3 Å². The number of aryl methyl sites for hydroxylation is 1. The van der Waals surface area contributed by atoms with Gasteiger partial charge in [-0.2, -0.15) is 0 Å². The number of carbonyl (C=O) groups excluding carboxylic acids is 1. The monoisotopic (exact) mass is 416 g/mol. The Kier molecular flexibility index (Phi) is 6.64. The Labute approximate surface area is 175 Å². The molecule has 0 N–H and O–H groups in total. The van der Waals surface area contributed by atoms with Gasteiger partial charge in [0.25, 0.3) is 5.91 Å². The molecule has 6 nitrogen and oxygen atoms in total. The van der Waals surface area contributed by atoms with Crippen LogP contribution in [0, 0.1) is 12.8 Å². The van der Waals surface area contributed by atoms with Crippen LogP contribution >= 0.6 is 11.6 Å². The van der Waals surface area contributed by atoms with Crippen molar-refractivity contribution in [3.05, 3.63) is 52.9 Å². The van der Waals surface area contributed by atoms with Crippen molar-refractivity contribution in [3.63, 3.8) is 0 Å². The number of rotatable bonds is 3. The number of benzene rings is 2. The molecule has 0 radical (unpaired) electrons. The van der Waals surface area contributed by atoms with Crippen LogP contribution in [-0.4, -0.2) is 43.1 Å². The van der Waals surface area contributed by atoms with Gasteiger partial charge in [-0.3, -0.25) is 4.79 Å². The van der Waals surface area contributed by atoms with Gasteiger partial charge in [-0.15, -0.1) is 0 Å². The number of halogens is 1. The van der Waals surface area contributed by atoms with E-state index in [-0.39, 0.29) is 5.91 Å². The molecule has 29 heavy (non-hydrogen) atoms. The molecule has 3 aromatic rings. The molecule has 1 fully saturated rings. The zero-order chi connectivity index (χ0) is 21.0. The van der Waals surface area contributed by atoms with Crippen LogP contribution in [0.5, 0.6) is 11.5 Å². The van der Waals surface area contributed by atoms with Crippen molar-refractivity contribution in [1.29, 1.82) is 0 Å². The molecule has 0 saturated carbocycles. The van der Waals surface area contributed by atoms with Gasteiger partial charge in [0.2, 0.25) is 0 Å². The molecule has 7 heteroatoms. The Bertz CT molecular complexity index is 979. The van der Waals surface area contributed by atoms with E-state index in [1.165, 1.54) is 0 Å². The second-order valence-electron chi connectivity index (χ2n) is 7.03. The lowest BCUT2D eigenvalue weighted by atomic mass is 10.1. The number of nitrogens with zero attached hydrogens (tertiary/aromatic N) is 2. The zero-order valence-electron chi connectivity index (χ0n) is 17.1. The summed E-state index contributed by atoms with van der Waals surface area (Å²) in [6.07, 6.45) is 1.06. The van der Waals surface area contributed by atoms with E-state index in [1.807, 2.05) is 24.0 Å². The van der Waals surface area contributed by atoms with Crippen LogP contribution in [0.15, 0.2) is 40.8 Å². The van der Waals surface area contributed by atoms with Crippen LogP contribution < -0.4 is 9.47 Å². The first-order valence-corrected chi connectivity index (χ1v) is 9.83. The minimum absolute atomic E-state index is 0.00588. The summed E-state index contributed by atoms with van der Waals surface area (Å²) < 4.78 is 15.8. The van der Waals surface area contributed by atoms with Crippen LogP contribution in [0.4, 0.5) is 0 Å². The topological polar surface area (TPSA) is 64.8 Å². The van der Waals surface area contributed by atoms with Gasteiger partial charge in [-0.05, 0) is 36.6 Å². The Balaban J connectivity index is 0.000000186. The summed E-state index contributed by atoms with van der Waals surface area (Å²) in [7, 11) is 3.14. The molecule has 1 atom stereocenters. The van der Waals surface area contributed by atoms with Crippen molar-refractivity contribution in [3.8, 4) is 11.5 Å². The summed E-state index contributed by atoms with van der Waals surface area (Å²) in [6, 6.07) is 10.8. The molecule has 1 aliphatic heterocycles. The second-order valence-corrected chi connectivity index (χ2v) is 7.46. The lowest BCUT2D eigenvalue weighted by Crippen LogP contribution is -2.29. The molecule has 1 amide bonds. The maximum Gasteiger partial charge on any atom is 0.261 e. The normalized spacial score (nSPS) is 15.8. The predicted molar refractivity (Wildman–Crippen MR) is 113 cm³/mol. The Morgan fingerprint density at radius 3 is 2.48 bits per heavy atom. The van der Waals surface area contributed by atoms with Crippen molar-refractivity contribution in [1.82, 2.24) is 9.88 Å². The average Bonchev–Trinajstić information content (AvgIpc) is 3.31. The SMILES string of the molecule is COc1cccc(OC)c1C(=O)N1CC[C@@H](C)C1.Cc1nc2ccc(Cl)cc2o1. The van der Waals surface area contributed by atoms with E-state index in [2.05, 4.69) is 11.9 Å². The molecular weight excluding hydrogens is 392 g/mol. The number of ether oxygens (including phenoxy) is 2. The number of oxazole rings is 1. The smallest absolute Gasteiger partial charge is 0.261 e. The predicted octanol–water partition coefficient (Wildman–Crippen LogP) is 4.98. The highest BCUT2D eigenvalue weighted by Crippen LogP contribution is 2.31. The van der Waals surface area contributed by atoms with Gasteiger partial charge in [-0.1, -0.05) is 24.6 Å². The first-order valence-electron chi connectivity index (χ1n) is 9.46. The number of carbonyl (C=O) groups is 1. The minimum atomic E-state index is -0.00588. The minimum Gasteiger partial charge on any atom is -0.496 e. The molecule has 2 aromatic carbocycles. The number of methoxy groups -OCH3 is 2. The molecule has 1 aromatic heterocycles. The third-order valence-electron chi connectivity index (χ3n) is 4.81. The van der Waals surface area contributed by atoms with Crippen molar-refractivity contribution >= 4 is 28.6 Å². The molecule has 4 rings (SSSR count). The van der Waals surface area contributed by atoms with Gasteiger partial charge in [0.05, 0.1) is 14.2 Å². The van der Waals surface area contributed by atoms with E-state index >= 15 is 0 Å². The average molecular weight is 417 g/mol. The van der Waals surface area contributed by atoms with E-state index in [0.717, 1.165) is 30.6 Å². The Morgan fingerprint density at radius 1 is 1.21 bits per heavy atom. The lowest BCUT2D eigenvalue weighted by Gasteiger charge is -2.19. The Hall–Kier alpha value is -2.73. The van der Waals surface area contributed by atoms with Crippen molar-refractivity contribution < 1.29 is 18.7 Å². The zero-order valence-corrected chi connectivity index (χ0v) is 17.8. The molecule has 1 aliphatic rings. The third-order valence-corrected chi connectivity index (χ3v) is 5.05. The molecule has 154 valence electrons. The molecule has 1 saturated heterocycles. The third kappa shape index (κ3) is 4.82. The number of aromatic nitrogens is 1. The number of amides is 1. The molecule has 0 aliphatic carbocycles. The Morgan fingerprint density at radius 2 is 1.90 bits per heavy atom. The second kappa shape index (κ2) is 9.18. The maximum atomic E-state index is 12.5. The standard InChI is InChI=1S/C14H19NO3.C8H6ClNO/c1-10-7-8-15(9-10)14(16)13-11(17-2)5-4-6-12(13)18-3;1-5-10-7-3-2-6(9)4-8(7)11-5/h4-6,10H,7-9H2,1-3H3;2-4H,1H3/t10-;/m1./s1. The summed E-state index contributed by atoms with van der Waals surface area (Å²) in [4.78, 5) is 18.5. The molecule has 0 bridgehead atoms. The summed E-state index contributed by atoms with van der Waals surface area (Å²) in [6.45, 7) is 5.59. The fraction of sp³-hybridized carbons (Fsp3) is 0.364. The van der Waals surface area contributed by atoms with Crippen LogP contribution in [0.1, 0.15) is 29.6 Å². The largest absolute Gasteiger partial charge is 0.496 e. The summed E-state index contributed by atoms with van der Waals surface area (Å²) in [5.74, 6) is 2.36. The number of hydrogen-bond donors (Lipinski definition) is 0. The highest BCUT2D eigenvalue weighted by molar-refractivity contribution is 6.31. The summed E-state index contributed by atoms with van der Waals surface area (Å²) >= 11 is 5.74. The van der Waals surface area contributed by atoms with Gasteiger partial charge < -0.3 is 18.8 Å². The van der Waals surface area contributed by atoms with E-state index in [4.69, 9.17) is 25.5 Å². The molecule has 0 unspecified atom stereocenters. The van der Waals surface area contributed by atoms with Crippen LogP contribution in [0.2, 0.25) is 5.02 Å². The van der Waals surface area contributed by atoms with Gasteiger partial charge in [0.1, 0.15) is 22.6 Å². The number of hydrogen-bond acceptors (Lipinski definition) is 5. The number of fused-ring (bicyclic) bond motifs is 1. The van der Waals surface area contributed by atoms with Crippen LogP contribution in [-0.2, 0) is 0 Å². The summed E-state index contributed by atoms with van der Waals surface area (Å²) in [5.41, 5.74) is 2.12. The van der Waals surface area contributed by atoms with Gasteiger partial charge in [-0.25, -0.2) is 4.98 Å². The lowest BCUT2D eigenvalue weighted by molar-refractivity contribution is 0.0781. The maximum absolute atomic E-state index is 12.5. The quantitative estimate of drug-likeness (QED) is 0.602. The first-order chi connectivity index (χ1) is 13.9. The molecular formula is C22H25ClN2O4. The van der Waals surface area contributed by atoms with Gasteiger partial charge >= 0.3 is 0 Å².